The van der Waals surface area contributed by atoms with Crippen LogP contribution in [0.1, 0.15) is 29.3 Å². The number of aryl methyl sites for hydroxylation is 1. The number of benzene rings is 1. The third-order valence-electron chi connectivity index (χ3n) is 2.67. The molecule has 2 nitrogen and oxygen atoms in total. The highest BCUT2D eigenvalue weighted by atomic mass is 32.2. The number of fused-ring (bicyclic) bond motifs is 1. The van der Waals surface area contributed by atoms with E-state index in [2.05, 4.69) is 13.0 Å². The second-order valence-corrected chi connectivity index (χ2v) is 5.08. The molecule has 0 aromatic heterocycles. The molecule has 0 N–H and O–H groups in total. The van der Waals surface area contributed by atoms with E-state index in [-0.39, 0.29) is 5.78 Å². The number of rotatable bonds is 4. The smallest absolute Gasteiger partial charge is 0.176 e. The van der Waals surface area contributed by atoms with E-state index in [9.17, 15) is 4.79 Å². The van der Waals surface area contributed by atoms with E-state index < -0.39 is 0 Å². The molecule has 0 amide bonds. The molecule has 0 unspecified atom stereocenters. The SMILES string of the molecule is CCSCC(=O)c1cccc2c1OCCC2. The average Bonchev–Trinajstić information content (AvgIpc) is 2.35. The van der Waals surface area contributed by atoms with Crippen LogP contribution >= 0.6 is 11.8 Å². The van der Waals surface area contributed by atoms with Gasteiger partial charge in [-0.25, -0.2) is 0 Å². The van der Waals surface area contributed by atoms with Crippen molar-refractivity contribution in [3.05, 3.63) is 29.3 Å². The number of hydrogen-bond acceptors (Lipinski definition) is 3. The van der Waals surface area contributed by atoms with E-state index in [0.717, 1.165) is 36.5 Å². The van der Waals surface area contributed by atoms with Crippen molar-refractivity contribution in [3.8, 4) is 5.75 Å². The summed E-state index contributed by atoms with van der Waals surface area (Å²) in [5, 5.41) is 0. The zero-order valence-electron chi connectivity index (χ0n) is 9.49. The fourth-order valence-electron chi connectivity index (χ4n) is 1.88. The van der Waals surface area contributed by atoms with E-state index in [1.54, 1.807) is 11.8 Å². The van der Waals surface area contributed by atoms with Gasteiger partial charge in [-0.05, 0) is 30.2 Å². The Balaban J connectivity index is 2.23. The number of carbonyl (C=O) groups excluding carboxylic acids is 1. The number of Topliss-reactive ketones (excluding diaryl/α,β-unsaturated/α-hetero) is 1. The number of para-hydroxylation sites is 1. The first-order chi connectivity index (χ1) is 7.83. The van der Waals surface area contributed by atoms with Crippen LogP contribution in [0.4, 0.5) is 0 Å². The normalized spacial score (nSPS) is 14.1. The maximum atomic E-state index is 12.0. The Labute approximate surface area is 100 Å². The highest BCUT2D eigenvalue weighted by Gasteiger charge is 2.18. The summed E-state index contributed by atoms with van der Waals surface area (Å²) in [6, 6.07) is 5.89. The summed E-state index contributed by atoms with van der Waals surface area (Å²) in [5.74, 6) is 2.54. The minimum Gasteiger partial charge on any atom is -0.493 e. The molecular weight excluding hydrogens is 220 g/mol. The van der Waals surface area contributed by atoms with Crippen LogP contribution in [0.15, 0.2) is 18.2 Å². The average molecular weight is 236 g/mol. The molecular formula is C13H16O2S. The Bertz CT molecular complexity index is 388. The van der Waals surface area contributed by atoms with Crippen molar-refractivity contribution in [2.24, 2.45) is 0 Å². The molecule has 2 rings (SSSR count). The number of carbonyl (C=O) groups is 1. The Hall–Kier alpha value is -0.960. The molecule has 1 aliphatic heterocycles. The summed E-state index contributed by atoms with van der Waals surface area (Å²) in [7, 11) is 0. The third kappa shape index (κ3) is 2.40. The molecule has 0 aliphatic carbocycles. The van der Waals surface area contributed by atoms with Crippen molar-refractivity contribution in [1.29, 1.82) is 0 Å². The molecule has 3 heteroatoms. The summed E-state index contributed by atoms with van der Waals surface area (Å²) >= 11 is 1.66. The van der Waals surface area contributed by atoms with Gasteiger partial charge in [0.2, 0.25) is 0 Å². The number of hydrogen-bond donors (Lipinski definition) is 0. The number of ketones is 1. The zero-order valence-corrected chi connectivity index (χ0v) is 10.3. The van der Waals surface area contributed by atoms with Gasteiger partial charge in [0.15, 0.2) is 5.78 Å². The molecule has 0 saturated heterocycles. The highest BCUT2D eigenvalue weighted by molar-refractivity contribution is 7.99. The van der Waals surface area contributed by atoms with Crippen LogP contribution in [0.3, 0.4) is 0 Å². The van der Waals surface area contributed by atoms with Crippen molar-refractivity contribution >= 4 is 17.5 Å². The predicted octanol–water partition coefficient (Wildman–Crippen LogP) is 2.95. The largest absolute Gasteiger partial charge is 0.493 e. The first kappa shape index (κ1) is 11.5. The number of thioether (sulfide) groups is 1. The minimum atomic E-state index is 0.186. The molecule has 0 spiro atoms. The van der Waals surface area contributed by atoms with Crippen molar-refractivity contribution in [2.45, 2.75) is 19.8 Å². The van der Waals surface area contributed by atoms with Crippen molar-refractivity contribution < 1.29 is 9.53 Å². The van der Waals surface area contributed by atoms with E-state index >= 15 is 0 Å². The lowest BCUT2D eigenvalue weighted by Gasteiger charge is -2.19. The van der Waals surface area contributed by atoms with Crippen molar-refractivity contribution in [1.82, 2.24) is 0 Å². The maximum absolute atomic E-state index is 12.0. The minimum absolute atomic E-state index is 0.186. The molecule has 1 aliphatic rings. The first-order valence-corrected chi connectivity index (χ1v) is 6.84. The topological polar surface area (TPSA) is 26.3 Å². The van der Waals surface area contributed by atoms with Gasteiger partial charge < -0.3 is 4.74 Å². The molecule has 0 atom stereocenters. The van der Waals surface area contributed by atoms with Crippen LogP contribution in [0, 0.1) is 0 Å². The third-order valence-corrected chi connectivity index (χ3v) is 3.55. The summed E-state index contributed by atoms with van der Waals surface area (Å²) < 4.78 is 5.63. The lowest BCUT2D eigenvalue weighted by molar-refractivity contribution is 0.101. The molecule has 16 heavy (non-hydrogen) atoms. The summed E-state index contributed by atoms with van der Waals surface area (Å²) in [5.41, 5.74) is 1.94. The Kier molecular flexibility index (Phi) is 3.88. The molecule has 0 fully saturated rings. The van der Waals surface area contributed by atoms with Gasteiger partial charge in [-0.2, -0.15) is 11.8 Å². The zero-order chi connectivity index (χ0) is 11.4. The molecule has 0 saturated carbocycles. The van der Waals surface area contributed by atoms with Crippen molar-refractivity contribution in [2.75, 3.05) is 18.1 Å². The first-order valence-electron chi connectivity index (χ1n) is 5.68. The fraction of sp³-hybridized carbons (Fsp3) is 0.462. The Morgan fingerprint density at radius 2 is 2.38 bits per heavy atom. The van der Waals surface area contributed by atoms with Gasteiger partial charge in [0.1, 0.15) is 5.75 Å². The standard InChI is InChI=1S/C13H16O2S/c1-2-16-9-12(14)11-7-3-5-10-6-4-8-15-13(10)11/h3,5,7H,2,4,6,8-9H2,1H3. The Morgan fingerprint density at radius 3 is 3.19 bits per heavy atom. The molecule has 1 aromatic rings. The Morgan fingerprint density at radius 1 is 1.50 bits per heavy atom. The van der Waals surface area contributed by atoms with E-state index in [0.29, 0.717) is 5.75 Å². The summed E-state index contributed by atoms with van der Waals surface area (Å²) in [4.78, 5) is 12.0. The van der Waals surface area contributed by atoms with Crippen LogP contribution in [-0.2, 0) is 6.42 Å². The van der Waals surface area contributed by atoms with Crippen LogP contribution < -0.4 is 4.74 Å². The fourth-order valence-corrected chi connectivity index (χ4v) is 2.43. The van der Waals surface area contributed by atoms with Gasteiger partial charge in [-0.15, -0.1) is 0 Å². The maximum Gasteiger partial charge on any atom is 0.176 e. The van der Waals surface area contributed by atoms with Gasteiger partial charge >= 0.3 is 0 Å². The summed E-state index contributed by atoms with van der Waals surface area (Å²) in [6.07, 6.45) is 2.08. The van der Waals surface area contributed by atoms with Gasteiger partial charge in [0, 0.05) is 0 Å². The van der Waals surface area contributed by atoms with Crippen molar-refractivity contribution in [3.63, 3.8) is 0 Å². The quantitative estimate of drug-likeness (QED) is 0.752. The highest BCUT2D eigenvalue weighted by Crippen LogP contribution is 2.29. The monoisotopic (exact) mass is 236 g/mol. The molecule has 1 heterocycles. The lowest BCUT2D eigenvalue weighted by Crippen LogP contribution is -2.13. The van der Waals surface area contributed by atoms with E-state index in [1.807, 2.05) is 12.1 Å². The lowest BCUT2D eigenvalue weighted by atomic mass is 10.0. The predicted molar refractivity (Wildman–Crippen MR) is 67.6 cm³/mol. The van der Waals surface area contributed by atoms with Crippen LogP contribution in [0.2, 0.25) is 0 Å². The van der Waals surface area contributed by atoms with Gasteiger partial charge in [-0.1, -0.05) is 19.1 Å². The van der Waals surface area contributed by atoms with Crippen LogP contribution in [0.25, 0.3) is 0 Å². The van der Waals surface area contributed by atoms with Gasteiger partial charge in [0.25, 0.3) is 0 Å². The van der Waals surface area contributed by atoms with Crippen LogP contribution in [-0.4, -0.2) is 23.9 Å². The van der Waals surface area contributed by atoms with Crippen LogP contribution in [0.5, 0.6) is 5.75 Å². The van der Waals surface area contributed by atoms with E-state index in [1.165, 1.54) is 5.56 Å². The molecule has 0 radical (unpaired) electrons. The molecule has 1 aromatic carbocycles. The second-order valence-electron chi connectivity index (χ2n) is 3.81. The molecule has 0 bridgehead atoms. The van der Waals surface area contributed by atoms with E-state index in [4.69, 9.17) is 4.74 Å². The second kappa shape index (κ2) is 5.39. The summed E-state index contributed by atoms with van der Waals surface area (Å²) in [6.45, 7) is 2.80. The number of ether oxygens (including phenoxy) is 1. The molecule has 86 valence electrons. The van der Waals surface area contributed by atoms with Gasteiger partial charge in [0.05, 0.1) is 17.9 Å². The van der Waals surface area contributed by atoms with Gasteiger partial charge in [-0.3, -0.25) is 4.79 Å².